The van der Waals surface area contributed by atoms with Crippen LogP contribution in [0.4, 0.5) is 16.2 Å². The monoisotopic (exact) mass is 404 g/mol. The van der Waals surface area contributed by atoms with Crippen molar-refractivity contribution < 1.29 is 23.7 Å². The molecule has 2 aromatic carbocycles. The molecule has 1 fully saturated rings. The maximum absolute atomic E-state index is 12.5. The van der Waals surface area contributed by atoms with Crippen LogP contribution in [0.5, 0.6) is 0 Å². The van der Waals surface area contributed by atoms with E-state index < -0.39 is 11.0 Å². The molecule has 3 aromatic rings. The minimum absolute atomic E-state index is 0.0595. The lowest BCUT2D eigenvalue weighted by Gasteiger charge is -2.13. The third-order valence-corrected chi connectivity index (χ3v) is 4.60. The second-order valence-electron chi connectivity index (χ2n) is 6.49. The van der Waals surface area contributed by atoms with Crippen LogP contribution in [0.2, 0.25) is 0 Å². The van der Waals surface area contributed by atoms with Gasteiger partial charge in [0.25, 0.3) is 5.69 Å². The van der Waals surface area contributed by atoms with Crippen LogP contribution in [-0.2, 0) is 4.74 Å². The van der Waals surface area contributed by atoms with Gasteiger partial charge in [-0.2, -0.15) is 0 Å². The van der Waals surface area contributed by atoms with Gasteiger partial charge < -0.3 is 9.15 Å². The molecule has 0 unspecified atom stereocenters. The summed E-state index contributed by atoms with van der Waals surface area (Å²) in [5, 5.41) is 11.2. The number of rotatable bonds is 6. The lowest BCUT2D eigenvalue weighted by molar-refractivity contribution is -0.384. The molecule has 30 heavy (non-hydrogen) atoms. The molecule has 0 atom stereocenters. The average molecular weight is 404 g/mol. The molecular weight excluding hydrogens is 388 g/mol. The molecule has 1 aliphatic rings. The van der Waals surface area contributed by atoms with Crippen molar-refractivity contribution in [2.24, 2.45) is 0 Å². The Balaban J connectivity index is 1.52. The first-order chi connectivity index (χ1) is 14.5. The number of para-hydroxylation sites is 1. The van der Waals surface area contributed by atoms with Crippen molar-refractivity contribution in [3.63, 3.8) is 0 Å². The number of hydrogen-bond donors (Lipinski definition) is 0. The number of ether oxygens (including phenoxy) is 1. The van der Waals surface area contributed by atoms with Crippen molar-refractivity contribution in [2.75, 3.05) is 18.1 Å². The van der Waals surface area contributed by atoms with Crippen molar-refractivity contribution in [2.45, 2.75) is 0 Å². The highest BCUT2D eigenvalue weighted by atomic mass is 16.6. The van der Waals surface area contributed by atoms with E-state index in [2.05, 4.69) is 0 Å². The average Bonchev–Trinajstić information content (AvgIpc) is 3.41. The third kappa shape index (κ3) is 3.83. The highest BCUT2D eigenvalue weighted by Gasteiger charge is 2.24. The van der Waals surface area contributed by atoms with E-state index in [1.54, 1.807) is 54.6 Å². The fraction of sp³-hybridized carbons (Fsp3) is 0.0909. The van der Waals surface area contributed by atoms with Gasteiger partial charge in [0.05, 0.1) is 17.0 Å². The summed E-state index contributed by atoms with van der Waals surface area (Å²) in [5.41, 5.74) is 1.30. The van der Waals surface area contributed by atoms with Gasteiger partial charge in [-0.15, -0.1) is 0 Å². The molecule has 0 spiro atoms. The van der Waals surface area contributed by atoms with Crippen molar-refractivity contribution >= 4 is 29.3 Å². The van der Waals surface area contributed by atoms with Gasteiger partial charge in [-0.3, -0.25) is 19.8 Å². The van der Waals surface area contributed by atoms with Gasteiger partial charge in [-0.05, 0) is 42.5 Å². The second kappa shape index (κ2) is 8.04. The maximum Gasteiger partial charge on any atom is 0.414 e. The van der Waals surface area contributed by atoms with E-state index in [-0.39, 0.29) is 11.5 Å². The van der Waals surface area contributed by atoms with E-state index in [0.29, 0.717) is 41.5 Å². The summed E-state index contributed by atoms with van der Waals surface area (Å²) >= 11 is 0. The van der Waals surface area contributed by atoms with Gasteiger partial charge in [0.15, 0.2) is 5.78 Å². The molecule has 0 N–H and O–H groups in total. The van der Waals surface area contributed by atoms with Crippen LogP contribution in [0, 0.1) is 10.1 Å². The van der Waals surface area contributed by atoms with E-state index in [4.69, 9.17) is 9.15 Å². The van der Waals surface area contributed by atoms with Gasteiger partial charge in [0, 0.05) is 17.3 Å². The molecule has 0 aliphatic carbocycles. The second-order valence-corrected chi connectivity index (χ2v) is 6.49. The summed E-state index contributed by atoms with van der Waals surface area (Å²) in [6, 6.07) is 16.2. The molecule has 4 rings (SSSR count). The van der Waals surface area contributed by atoms with E-state index in [9.17, 15) is 19.7 Å². The van der Waals surface area contributed by atoms with E-state index in [1.807, 2.05) is 0 Å². The number of benzene rings is 2. The zero-order valence-electron chi connectivity index (χ0n) is 15.7. The van der Waals surface area contributed by atoms with Crippen LogP contribution >= 0.6 is 0 Å². The smallest absolute Gasteiger partial charge is 0.414 e. The molecule has 1 aliphatic heterocycles. The maximum atomic E-state index is 12.5. The molecule has 1 amide bonds. The van der Waals surface area contributed by atoms with Crippen molar-refractivity contribution in [3.05, 3.63) is 88.2 Å². The number of carbonyl (C=O) groups is 2. The number of cyclic esters (lactones) is 1. The fourth-order valence-electron chi connectivity index (χ4n) is 3.14. The lowest BCUT2D eigenvalue weighted by Crippen LogP contribution is -2.23. The first kappa shape index (κ1) is 19.1. The Morgan fingerprint density at radius 3 is 2.70 bits per heavy atom. The molecule has 1 aromatic heterocycles. The Bertz CT molecular complexity index is 1160. The number of amides is 1. The van der Waals surface area contributed by atoms with E-state index >= 15 is 0 Å². The number of anilines is 1. The summed E-state index contributed by atoms with van der Waals surface area (Å²) in [4.78, 5) is 36.4. The van der Waals surface area contributed by atoms with Gasteiger partial charge in [-0.1, -0.05) is 24.3 Å². The Morgan fingerprint density at radius 2 is 1.93 bits per heavy atom. The largest absolute Gasteiger partial charge is 0.456 e. The number of ketones is 1. The van der Waals surface area contributed by atoms with Gasteiger partial charge in [-0.25, -0.2) is 4.79 Å². The topological polar surface area (TPSA) is 103 Å². The van der Waals surface area contributed by atoms with Crippen molar-refractivity contribution in [3.8, 4) is 11.3 Å². The first-order valence-electron chi connectivity index (χ1n) is 9.13. The molecular formula is C22H16N2O6. The zero-order chi connectivity index (χ0) is 21.1. The number of nitro groups is 1. The number of furan rings is 1. The highest BCUT2D eigenvalue weighted by Crippen LogP contribution is 2.31. The quantitative estimate of drug-likeness (QED) is 0.255. The Morgan fingerprint density at radius 1 is 1.10 bits per heavy atom. The first-order valence-corrected chi connectivity index (χ1v) is 9.13. The van der Waals surface area contributed by atoms with Crippen molar-refractivity contribution in [1.82, 2.24) is 0 Å². The summed E-state index contributed by atoms with van der Waals surface area (Å²) < 4.78 is 10.6. The van der Waals surface area contributed by atoms with Crippen LogP contribution in [0.3, 0.4) is 0 Å². The van der Waals surface area contributed by atoms with Crippen molar-refractivity contribution in [1.29, 1.82) is 0 Å². The van der Waals surface area contributed by atoms with Crippen LogP contribution in [0.25, 0.3) is 17.4 Å². The SMILES string of the molecule is O=C(/C=C/c1ccc(-c2ccccc2[N+](=O)[O-])o1)c1cccc(N2CCOC2=O)c1. The number of nitro benzene ring substituents is 1. The molecule has 0 saturated carbocycles. The van der Waals surface area contributed by atoms with Gasteiger partial charge in [0.2, 0.25) is 0 Å². The zero-order valence-corrected chi connectivity index (χ0v) is 15.7. The molecule has 1 saturated heterocycles. The molecule has 150 valence electrons. The molecule has 8 heteroatoms. The van der Waals surface area contributed by atoms with Crippen LogP contribution in [0.1, 0.15) is 16.1 Å². The standard InChI is InChI=1S/C22H16N2O6/c25-20(15-4-3-5-16(14-15)23-12-13-29-22(23)26)10-8-17-9-11-21(30-17)18-6-1-2-7-19(18)24(27)28/h1-11,14H,12-13H2/b10-8+. The molecule has 0 radical (unpaired) electrons. The summed E-state index contributed by atoms with van der Waals surface area (Å²) in [5.74, 6) is 0.452. The van der Waals surface area contributed by atoms with Crippen LogP contribution in [-0.4, -0.2) is 30.0 Å². The molecule has 2 heterocycles. The Hall–Kier alpha value is -4.20. The Labute approximate surface area is 171 Å². The summed E-state index contributed by atoms with van der Waals surface area (Å²) in [7, 11) is 0. The number of hydrogen-bond acceptors (Lipinski definition) is 6. The minimum Gasteiger partial charge on any atom is -0.456 e. The number of allylic oxidation sites excluding steroid dienone is 1. The van der Waals surface area contributed by atoms with E-state index in [0.717, 1.165) is 0 Å². The minimum atomic E-state index is -0.472. The normalized spacial score (nSPS) is 13.6. The predicted molar refractivity (Wildman–Crippen MR) is 109 cm³/mol. The number of carbonyl (C=O) groups excluding carboxylic acids is 2. The van der Waals surface area contributed by atoms with Crippen LogP contribution in [0.15, 0.2) is 71.2 Å². The van der Waals surface area contributed by atoms with Gasteiger partial charge >= 0.3 is 6.09 Å². The molecule has 8 nitrogen and oxygen atoms in total. The highest BCUT2D eigenvalue weighted by molar-refractivity contribution is 6.07. The lowest BCUT2D eigenvalue weighted by atomic mass is 10.1. The fourth-order valence-corrected chi connectivity index (χ4v) is 3.14. The number of nitrogens with zero attached hydrogens (tertiary/aromatic N) is 2. The van der Waals surface area contributed by atoms with E-state index in [1.165, 1.54) is 23.1 Å². The summed E-state index contributed by atoms with van der Waals surface area (Å²) in [6.45, 7) is 0.754. The third-order valence-electron chi connectivity index (χ3n) is 4.60. The van der Waals surface area contributed by atoms with Crippen LogP contribution < -0.4 is 4.90 Å². The van der Waals surface area contributed by atoms with Gasteiger partial charge in [0.1, 0.15) is 18.1 Å². The predicted octanol–water partition coefficient (Wildman–Crippen LogP) is 4.71. The Kier molecular flexibility index (Phi) is 5.13. The summed E-state index contributed by atoms with van der Waals surface area (Å²) in [6.07, 6.45) is 2.41. The molecule has 0 bridgehead atoms.